The summed E-state index contributed by atoms with van der Waals surface area (Å²) in [6.45, 7) is 0.490. The second-order valence-electron chi connectivity index (χ2n) is 6.47. The monoisotopic (exact) mass is 435 g/mol. The minimum absolute atomic E-state index is 0.0405. The van der Waals surface area contributed by atoms with Gasteiger partial charge in [0.05, 0.1) is 12.3 Å². The smallest absolute Gasteiger partial charge is 0.277 e. The molecule has 7 heteroatoms. The van der Waals surface area contributed by atoms with E-state index in [-0.39, 0.29) is 11.7 Å². The Kier molecular flexibility index (Phi) is 6.47. The SMILES string of the molecule is O=C(CSc1nnc(-c2ccc(Cl)cc2)o1)N(Cc1ccccc1)c1ccccc1. The molecule has 0 unspecified atom stereocenters. The molecule has 0 saturated heterocycles. The van der Waals surface area contributed by atoms with Crippen LogP contribution >= 0.6 is 23.4 Å². The number of anilines is 1. The number of para-hydroxylation sites is 1. The van der Waals surface area contributed by atoms with Crippen LogP contribution in [0.15, 0.2) is 94.6 Å². The molecule has 3 aromatic carbocycles. The average Bonchev–Trinajstić information content (AvgIpc) is 3.27. The molecule has 1 aromatic heterocycles. The first-order chi connectivity index (χ1) is 14.7. The summed E-state index contributed by atoms with van der Waals surface area (Å²) in [7, 11) is 0. The largest absolute Gasteiger partial charge is 0.411 e. The van der Waals surface area contributed by atoms with Crippen LogP contribution in [0.25, 0.3) is 11.5 Å². The van der Waals surface area contributed by atoms with Gasteiger partial charge in [-0.3, -0.25) is 4.79 Å². The van der Waals surface area contributed by atoms with E-state index in [1.807, 2.05) is 72.8 Å². The molecule has 5 nitrogen and oxygen atoms in total. The van der Waals surface area contributed by atoms with Gasteiger partial charge in [-0.1, -0.05) is 71.9 Å². The van der Waals surface area contributed by atoms with Gasteiger partial charge in [0, 0.05) is 16.3 Å². The number of nitrogens with zero attached hydrogens (tertiary/aromatic N) is 3. The lowest BCUT2D eigenvalue weighted by atomic mass is 10.2. The number of hydrogen-bond acceptors (Lipinski definition) is 5. The summed E-state index contributed by atoms with van der Waals surface area (Å²) in [6, 6.07) is 26.7. The normalized spacial score (nSPS) is 10.7. The number of amides is 1. The van der Waals surface area contributed by atoms with Crippen molar-refractivity contribution in [3.05, 3.63) is 95.5 Å². The first-order valence-corrected chi connectivity index (χ1v) is 10.7. The van der Waals surface area contributed by atoms with Crippen LogP contribution in [0.3, 0.4) is 0 Å². The van der Waals surface area contributed by atoms with E-state index in [0.717, 1.165) is 16.8 Å². The highest BCUT2D eigenvalue weighted by Gasteiger charge is 2.18. The molecule has 0 saturated carbocycles. The van der Waals surface area contributed by atoms with Crippen molar-refractivity contribution in [3.8, 4) is 11.5 Å². The predicted octanol–water partition coefficient (Wildman–Crippen LogP) is 5.72. The molecule has 0 bridgehead atoms. The molecule has 0 spiro atoms. The van der Waals surface area contributed by atoms with Gasteiger partial charge in [-0.2, -0.15) is 0 Å². The Morgan fingerprint density at radius 3 is 2.27 bits per heavy atom. The minimum atomic E-state index is -0.0405. The van der Waals surface area contributed by atoms with E-state index in [4.69, 9.17) is 16.0 Å². The highest BCUT2D eigenvalue weighted by molar-refractivity contribution is 7.99. The summed E-state index contributed by atoms with van der Waals surface area (Å²) in [6.07, 6.45) is 0. The highest BCUT2D eigenvalue weighted by Crippen LogP contribution is 2.25. The van der Waals surface area contributed by atoms with Crippen LogP contribution in [-0.4, -0.2) is 21.9 Å². The zero-order chi connectivity index (χ0) is 20.8. The second-order valence-corrected chi connectivity index (χ2v) is 7.83. The summed E-state index contributed by atoms with van der Waals surface area (Å²) >= 11 is 7.14. The van der Waals surface area contributed by atoms with Gasteiger partial charge < -0.3 is 9.32 Å². The Balaban J connectivity index is 1.46. The van der Waals surface area contributed by atoms with Crippen LogP contribution in [0.5, 0.6) is 0 Å². The number of halogens is 1. The van der Waals surface area contributed by atoms with Crippen molar-refractivity contribution in [2.75, 3.05) is 10.7 Å². The van der Waals surface area contributed by atoms with E-state index >= 15 is 0 Å². The van der Waals surface area contributed by atoms with Crippen molar-refractivity contribution in [2.45, 2.75) is 11.8 Å². The Labute approximate surface area is 183 Å². The lowest BCUT2D eigenvalue weighted by molar-refractivity contribution is -0.116. The Morgan fingerprint density at radius 2 is 1.57 bits per heavy atom. The molecule has 0 aliphatic carbocycles. The third kappa shape index (κ3) is 5.09. The van der Waals surface area contributed by atoms with E-state index in [9.17, 15) is 4.79 Å². The van der Waals surface area contributed by atoms with Crippen molar-refractivity contribution in [3.63, 3.8) is 0 Å². The summed E-state index contributed by atoms with van der Waals surface area (Å²) < 4.78 is 5.69. The molecule has 0 fully saturated rings. The second kappa shape index (κ2) is 9.61. The molecule has 0 aliphatic rings. The molecule has 1 amide bonds. The number of carbonyl (C=O) groups excluding carboxylic acids is 1. The molecule has 1 heterocycles. The topological polar surface area (TPSA) is 59.2 Å². The number of aromatic nitrogens is 2. The molecule has 4 rings (SSSR count). The van der Waals surface area contributed by atoms with Gasteiger partial charge >= 0.3 is 0 Å². The summed E-state index contributed by atoms with van der Waals surface area (Å²) in [5.41, 5.74) is 2.68. The van der Waals surface area contributed by atoms with Crippen LogP contribution in [0.2, 0.25) is 5.02 Å². The highest BCUT2D eigenvalue weighted by atomic mass is 35.5. The van der Waals surface area contributed by atoms with Crippen molar-refractivity contribution in [1.29, 1.82) is 0 Å². The van der Waals surface area contributed by atoms with E-state index in [1.54, 1.807) is 17.0 Å². The van der Waals surface area contributed by atoms with Crippen LogP contribution in [0.4, 0.5) is 5.69 Å². The van der Waals surface area contributed by atoms with Crippen LogP contribution < -0.4 is 4.90 Å². The number of carbonyl (C=O) groups is 1. The lowest BCUT2D eigenvalue weighted by Crippen LogP contribution is -2.31. The molecule has 0 aliphatic heterocycles. The van der Waals surface area contributed by atoms with E-state index < -0.39 is 0 Å². The molecule has 150 valence electrons. The minimum Gasteiger partial charge on any atom is -0.411 e. The van der Waals surface area contributed by atoms with Gasteiger partial charge in [0.1, 0.15) is 0 Å². The summed E-state index contributed by atoms with van der Waals surface area (Å²) in [5, 5.41) is 9.09. The fourth-order valence-corrected chi connectivity index (χ4v) is 3.64. The summed E-state index contributed by atoms with van der Waals surface area (Å²) in [4.78, 5) is 14.8. The first kappa shape index (κ1) is 20.2. The van der Waals surface area contributed by atoms with Crippen LogP contribution in [-0.2, 0) is 11.3 Å². The quantitative estimate of drug-likeness (QED) is 0.348. The third-order valence-corrected chi connectivity index (χ3v) is 5.42. The lowest BCUT2D eigenvalue weighted by Gasteiger charge is -2.22. The third-order valence-electron chi connectivity index (χ3n) is 4.37. The predicted molar refractivity (Wildman–Crippen MR) is 120 cm³/mol. The van der Waals surface area contributed by atoms with Crippen molar-refractivity contribution in [2.24, 2.45) is 0 Å². The maximum absolute atomic E-state index is 13.0. The molecular formula is C23H18ClN3O2S. The maximum Gasteiger partial charge on any atom is 0.277 e. The standard InChI is InChI=1S/C23H18ClN3O2S/c24-19-13-11-18(12-14-19)22-25-26-23(29-22)30-16-21(28)27(20-9-5-2-6-10-20)15-17-7-3-1-4-8-17/h1-14H,15-16H2. The van der Waals surface area contributed by atoms with Crippen molar-refractivity contribution in [1.82, 2.24) is 10.2 Å². The fraction of sp³-hybridized carbons (Fsp3) is 0.0870. The Bertz CT molecular complexity index is 1100. The van der Waals surface area contributed by atoms with Gasteiger partial charge in [-0.05, 0) is 42.0 Å². The molecule has 30 heavy (non-hydrogen) atoms. The zero-order valence-electron chi connectivity index (χ0n) is 15.9. The number of rotatable bonds is 7. The van der Waals surface area contributed by atoms with Gasteiger partial charge in [-0.25, -0.2) is 0 Å². The van der Waals surface area contributed by atoms with Crippen molar-refractivity contribution < 1.29 is 9.21 Å². The Hall–Kier alpha value is -3.09. The van der Waals surface area contributed by atoms with Gasteiger partial charge in [-0.15, -0.1) is 10.2 Å². The molecule has 0 atom stereocenters. The zero-order valence-corrected chi connectivity index (χ0v) is 17.5. The van der Waals surface area contributed by atoms with E-state index in [0.29, 0.717) is 22.7 Å². The van der Waals surface area contributed by atoms with Gasteiger partial charge in [0.15, 0.2) is 0 Å². The van der Waals surface area contributed by atoms with E-state index in [2.05, 4.69) is 10.2 Å². The van der Waals surface area contributed by atoms with E-state index in [1.165, 1.54) is 11.8 Å². The van der Waals surface area contributed by atoms with Crippen LogP contribution in [0, 0.1) is 0 Å². The number of hydrogen-bond donors (Lipinski definition) is 0. The fourth-order valence-electron chi connectivity index (χ4n) is 2.88. The van der Waals surface area contributed by atoms with Crippen molar-refractivity contribution >= 4 is 35.0 Å². The van der Waals surface area contributed by atoms with Crippen LogP contribution in [0.1, 0.15) is 5.56 Å². The van der Waals surface area contributed by atoms with Gasteiger partial charge in [0.2, 0.25) is 11.8 Å². The number of benzene rings is 3. The Morgan fingerprint density at radius 1 is 0.900 bits per heavy atom. The molecule has 0 radical (unpaired) electrons. The summed E-state index contributed by atoms with van der Waals surface area (Å²) in [5.74, 6) is 0.538. The number of thioether (sulfide) groups is 1. The van der Waals surface area contributed by atoms with Gasteiger partial charge in [0.25, 0.3) is 5.22 Å². The molecule has 0 N–H and O–H groups in total. The average molecular weight is 436 g/mol. The molecule has 4 aromatic rings. The molecular weight excluding hydrogens is 418 g/mol. The maximum atomic E-state index is 13.0. The first-order valence-electron chi connectivity index (χ1n) is 9.30.